The highest BCUT2D eigenvalue weighted by Gasteiger charge is 2.29. The van der Waals surface area contributed by atoms with E-state index in [-0.39, 0.29) is 18.6 Å². The van der Waals surface area contributed by atoms with E-state index in [1.54, 1.807) is 11.9 Å². The molecule has 3 aromatic rings. The Labute approximate surface area is 224 Å². The Morgan fingerprint density at radius 3 is 2.51 bits per heavy atom. The molecule has 0 saturated heterocycles. The Kier molecular flexibility index (Phi) is 6.90. The van der Waals surface area contributed by atoms with Crippen LogP contribution in [0.25, 0.3) is 11.3 Å². The number of rotatable bonds is 7. The van der Waals surface area contributed by atoms with Gasteiger partial charge in [-0.1, -0.05) is 22.0 Å². The average molecular weight is 563 g/mol. The molecule has 0 aliphatic carbocycles. The van der Waals surface area contributed by atoms with Crippen LogP contribution >= 0.6 is 15.9 Å². The molecule has 190 valence electrons. The zero-order valence-electron chi connectivity index (χ0n) is 20.8. The first-order valence-electron chi connectivity index (χ1n) is 11.8. The predicted octanol–water partition coefficient (Wildman–Crippen LogP) is 5.02. The van der Waals surface area contributed by atoms with Gasteiger partial charge in [0.2, 0.25) is 12.7 Å². The lowest BCUT2D eigenvalue weighted by Gasteiger charge is -2.20. The Morgan fingerprint density at radius 2 is 1.76 bits per heavy atom. The maximum atomic E-state index is 13.2. The van der Waals surface area contributed by atoms with Gasteiger partial charge in [0.25, 0.3) is 5.91 Å². The van der Waals surface area contributed by atoms with Crippen molar-refractivity contribution in [1.82, 2.24) is 4.90 Å². The van der Waals surface area contributed by atoms with Crippen LogP contribution < -0.4 is 25.0 Å². The van der Waals surface area contributed by atoms with Crippen LogP contribution in [-0.2, 0) is 9.59 Å². The van der Waals surface area contributed by atoms with Crippen LogP contribution in [0, 0.1) is 0 Å². The molecule has 37 heavy (non-hydrogen) atoms. The Balaban J connectivity index is 1.49. The van der Waals surface area contributed by atoms with Crippen molar-refractivity contribution in [2.75, 3.05) is 50.0 Å². The molecule has 0 unspecified atom stereocenters. The lowest BCUT2D eigenvalue weighted by molar-refractivity contribution is -0.118. The van der Waals surface area contributed by atoms with Crippen molar-refractivity contribution in [3.63, 3.8) is 0 Å². The van der Waals surface area contributed by atoms with Crippen molar-refractivity contribution in [2.45, 2.75) is 6.42 Å². The second kappa shape index (κ2) is 10.3. The smallest absolute Gasteiger partial charge is 0.258 e. The van der Waals surface area contributed by atoms with E-state index in [0.29, 0.717) is 35.7 Å². The van der Waals surface area contributed by atoms with Crippen molar-refractivity contribution < 1.29 is 19.1 Å². The first-order valence-corrected chi connectivity index (χ1v) is 12.6. The zero-order chi connectivity index (χ0) is 26.1. The molecular weight excluding hydrogens is 536 g/mol. The number of fused-ring (bicyclic) bond motifs is 2. The number of halogens is 1. The van der Waals surface area contributed by atoms with E-state index < -0.39 is 0 Å². The van der Waals surface area contributed by atoms with Crippen LogP contribution in [0.1, 0.15) is 17.5 Å². The number of anilines is 3. The molecule has 0 bridgehead atoms. The molecule has 9 heteroatoms. The number of carbonyl (C=O) groups is 2. The average Bonchev–Trinajstić information content (AvgIpc) is 3.48. The number of amides is 2. The second-order valence-electron chi connectivity index (χ2n) is 9.14. The molecule has 0 atom stereocenters. The highest BCUT2D eigenvalue weighted by Crippen LogP contribution is 2.41. The van der Waals surface area contributed by atoms with Gasteiger partial charge in [-0.15, -0.1) is 0 Å². The molecule has 2 aliphatic heterocycles. The number of hydrogen-bond acceptors (Lipinski definition) is 6. The van der Waals surface area contributed by atoms with Gasteiger partial charge in [-0.2, -0.15) is 0 Å². The number of carbonyl (C=O) groups excluding carboxylic acids is 2. The quantitative estimate of drug-likeness (QED) is 0.393. The first-order chi connectivity index (χ1) is 17.8. The minimum absolute atomic E-state index is 0.0444. The third-order valence-electron chi connectivity index (χ3n) is 6.31. The second-order valence-corrected chi connectivity index (χ2v) is 10.1. The van der Waals surface area contributed by atoms with Crippen molar-refractivity contribution in [2.24, 2.45) is 0 Å². The number of hydrogen-bond donors (Lipinski definition) is 2. The van der Waals surface area contributed by atoms with Crippen LogP contribution in [0.5, 0.6) is 11.5 Å². The summed E-state index contributed by atoms with van der Waals surface area (Å²) in [6.07, 6.45) is 0.439. The third-order valence-corrected chi connectivity index (χ3v) is 6.80. The van der Waals surface area contributed by atoms with Crippen LogP contribution in [0.3, 0.4) is 0 Å². The number of nitrogens with one attached hydrogen (secondary N) is 2. The zero-order valence-corrected chi connectivity index (χ0v) is 22.4. The Morgan fingerprint density at radius 1 is 1.00 bits per heavy atom. The standard InChI is InChI=1S/C28H27BrN4O4/c1-32(2)13-12-25(34)33(3)20-8-6-19(7-9-20)30-27(17-4-11-23-24(14-17)37-16-36-23)26-21-10-5-18(29)15-22(21)31-28(26)35/h4-11,14-15,30H,12-13,16H2,1-3H3,(H,31,35)/b27-26-. The molecule has 2 heterocycles. The van der Waals surface area contributed by atoms with Crippen molar-refractivity contribution in [1.29, 1.82) is 0 Å². The van der Waals surface area contributed by atoms with E-state index in [0.717, 1.165) is 32.7 Å². The summed E-state index contributed by atoms with van der Waals surface area (Å²) < 4.78 is 11.9. The van der Waals surface area contributed by atoms with Gasteiger partial charge in [-0.05, 0) is 68.7 Å². The SMILES string of the molecule is CN(C)CCC(=O)N(C)c1ccc(N/C(=C2\C(=O)Nc3cc(Br)ccc32)c2ccc3c(c2)OCO3)cc1. The molecule has 5 rings (SSSR count). The fourth-order valence-electron chi connectivity index (χ4n) is 4.27. The minimum atomic E-state index is -0.198. The van der Waals surface area contributed by atoms with Gasteiger partial charge in [0.15, 0.2) is 11.5 Å². The number of nitrogens with zero attached hydrogens (tertiary/aromatic N) is 2. The van der Waals surface area contributed by atoms with E-state index in [9.17, 15) is 9.59 Å². The molecule has 0 fully saturated rings. The van der Waals surface area contributed by atoms with Crippen LogP contribution in [0.4, 0.5) is 17.1 Å². The lowest BCUT2D eigenvalue weighted by Crippen LogP contribution is -2.29. The maximum Gasteiger partial charge on any atom is 0.258 e. The Bertz CT molecular complexity index is 1400. The molecule has 0 aromatic heterocycles. The normalized spacial score (nSPS) is 14.9. The van der Waals surface area contributed by atoms with Crippen LogP contribution in [0.15, 0.2) is 65.1 Å². The lowest BCUT2D eigenvalue weighted by atomic mass is 9.99. The molecule has 2 aliphatic rings. The predicted molar refractivity (Wildman–Crippen MR) is 149 cm³/mol. The van der Waals surface area contributed by atoms with Gasteiger partial charge < -0.3 is 29.9 Å². The van der Waals surface area contributed by atoms with E-state index in [4.69, 9.17) is 9.47 Å². The minimum Gasteiger partial charge on any atom is -0.454 e. The van der Waals surface area contributed by atoms with E-state index in [1.165, 1.54) is 0 Å². The molecule has 8 nitrogen and oxygen atoms in total. The van der Waals surface area contributed by atoms with E-state index in [1.807, 2.05) is 79.7 Å². The summed E-state index contributed by atoms with van der Waals surface area (Å²) >= 11 is 3.48. The fourth-order valence-corrected chi connectivity index (χ4v) is 4.63. The van der Waals surface area contributed by atoms with Gasteiger partial charge in [-0.25, -0.2) is 0 Å². The molecule has 3 aromatic carbocycles. The summed E-state index contributed by atoms with van der Waals surface area (Å²) in [5.74, 6) is 1.14. The van der Waals surface area contributed by atoms with Crippen LogP contribution in [0.2, 0.25) is 0 Å². The fraction of sp³-hybridized carbons (Fsp3) is 0.214. The number of ether oxygens (including phenoxy) is 2. The largest absolute Gasteiger partial charge is 0.454 e. The van der Waals surface area contributed by atoms with Gasteiger partial charge in [-0.3, -0.25) is 9.59 Å². The molecule has 0 saturated carbocycles. The molecule has 2 N–H and O–H groups in total. The maximum absolute atomic E-state index is 13.2. The van der Waals surface area contributed by atoms with Gasteiger partial charge in [0.05, 0.1) is 17.0 Å². The summed E-state index contributed by atoms with van der Waals surface area (Å²) in [5, 5.41) is 6.41. The highest BCUT2D eigenvalue weighted by atomic mass is 79.9. The molecular formula is C28H27BrN4O4. The third kappa shape index (κ3) is 5.19. The van der Waals surface area contributed by atoms with E-state index in [2.05, 4.69) is 26.6 Å². The summed E-state index contributed by atoms with van der Waals surface area (Å²) in [7, 11) is 5.67. The van der Waals surface area contributed by atoms with Crippen molar-refractivity contribution in [3.05, 3.63) is 76.3 Å². The first kappa shape index (κ1) is 24.9. The highest BCUT2D eigenvalue weighted by molar-refractivity contribution is 9.10. The summed E-state index contributed by atoms with van der Waals surface area (Å²) in [6, 6.07) is 18.9. The molecule has 2 amide bonds. The van der Waals surface area contributed by atoms with E-state index >= 15 is 0 Å². The summed E-state index contributed by atoms with van der Waals surface area (Å²) in [6.45, 7) is 0.854. The monoisotopic (exact) mass is 562 g/mol. The summed E-state index contributed by atoms with van der Waals surface area (Å²) in [4.78, 5) is 29.4. The Hall–Kier alpha value is -3.82. The van der Waals surface area contributed by atoms with Crippen LogP contribution in [-0.4, -0.2) is 51.2 Å². The molecule has 0 radical (unpaired) electrons. The van der Waals surface area contributed by atoms with Crippen molar-refractivity contribution >= 4 is 56.1 Å². The topological polar surface area (TPSA) is 83.1 Å². The van der Waals surface area contributed by atoms with Gasteiger partial charge in [0.1, 0.15) is 0 Å². The number of benzene rings is 3. The van der Waals surface area contributed by atoms with Gasteiger partial charge in [0, 0.05) is 47.0 Å². The molecule has 0 spiro atoms. The summed E-state index contributed by atoms with van der Waals surface area (Å²) in [5.41, 5.74) is 5.06. The van der Waals surface area contributed by atoms with Gasteiger partial charge >= 0.3 is 0 Å². The van der Waals surface area contributed by atoms with Crippen molar-refractivity contribution in [3.8, 4) is 11.5 Å².